The molecule has 1 aromatic heterocycles. The van der Waals surface area contributed by atoms with Crippen molar-refractivity contribution in [2.75, 3.05) is 13.2 Å². The van der Waals surface area contributed by atoms with Gasteiger partial charge in [0.1, 0.15) is 6.10 Å². The molecule has 14 heavy (non-hydrogen) atoms. The van der Waals surface area contributed by atoms with Crippen molar-refractivity contribution in [1.29, 1.82) is 0 Å². The van der Waals surface area contributed by atoms with Crippen LogP contribution in [0.25, 0.3) is 0 Å². The Hall–Kier alpha value is -1.16. The monoisotopic (exact) mass is 194 g/mol. The molecule has 1 aliphatic rings. The zero-order valence-electron chi connectivity index (χ0n) is 8.49. The second-order valence-corrected chi connectivity index (χ2v) is 3.54. The van der Waals surface area contributed by atoms with Crippen LogP contribution in [0.3, 0.4) is 0 Å². The summed E-state index contributed by atoms with van der Waals surface area (Å²) in [5, 5.41) is 0. The average molecular weight is 194 g/mol. The second-order valence-electron chi connectivity index (χ2n) is 3.54. The molecule has 0 N–H and O–H groups in total. The molecule has 1 atom stereocenters. The summed E-state index contributed by atoms with van der Waals surface area (Å²) in [6.45, 7) is 5.30. The molecule has 2 rings (SSSR count). The lowest BCUT2D eigenvalue weighted by Gasteiger charge is -2.10. The number of aryl methyl sites for hydroxylation is 2. The molecule has 4 nitrogen and oxygen atoms in total. The topological polar surface area (TPSA) is 44.2 Å². The Morgan fingerprint density at radius 1 is 1.36 bits per heavy atom. The van der Waals surface area contributed by atoms with E-state index in [2.05, 4.69) is 9.97 Å². The molecule has 0 saturated carbocycles. The Kier molecular flexibility index (Phi) is 2.63. The molecule has 0 aliphatic carbocycles. The predicted molar refractivity (Wildman–Crippen MR) is 51.4 cm³/mol. The first-order chi connectivity index (χ1) is 6.74. The van der Waals surface area contributed by atoms with Crippen LogP contribution in [-0.4, -0.2) is 29.3 Å². The minimum absolute atomic E-state index is 0.121. The first kappa shape index (κ1) is 9.40. The van der Waals surface area contributed by atoms with Crippen LogP contribution in [0.1, 0.15) is 17.8 Å². The lowest BCUT2D eigenvalue weighted by Crippen LogP contribution is -2.17. The first-order valence-corrected chi connectivity index (χ1v) is 4.81. The summed E-state index contributed by atoms with van der Waals surface area (Å²) in [5.74, 6) is 0. The molecule has 1 saturated heterocycles. The number of aromatic nitrogens is 2. The van der Waals surface area contributed by atoms with E-state index in [4.69, 9.17) is 9.47 Å². The fraction of sp³-hybridized carbons (Fsp3) is 0.600. The minimum Gasteiger partial charge on any atom is -0.458 e. The van der Waals surface area contributed by atoms with Crippen LogP contribution >= 0.6 is 0 Å². The third kappa shape index (κ3) is 2.20. The van der Waals surface area contributed by atoms with Gasteiger partial charge in [0.25, 0.3) is 0 Å². The SMILES string of the molecule is Cc1cc(C)nc(OC2CCOC2)n1. The van der Waals surface area contributed by atoms with Gasteiger partial charge < -0.3 is 9.47 Å². The zero-order chi connectivity index (χ0) is 9.97. The third-order valence-electron chi connectivity index (χ3n) is 2.12. The smallest absolute Gasteiger partial charge is 0.317 e. The maximum Gasteiger partial charge on any atom is 0.317 e. The van der Waals surface area contributed by atoms with E-state index in [0.717, 1.165) is 24.4 Å². The van der Waals surface area contributed by atoms with E-state index in [0.29, 0.717) is 12.6 Å². The van der Waals surface area contributed by atoms with Gasteiger partial charge in [0, 0.05) is 17.8 Å². The zero-order valence-corrected chi connectivity index (χ0v) is 8.49. The third-order valence-corrected chi connectivity index (χ3v) is 2.12. The molecule has 0 amide bonds. The van der Waals surface area contributed by atoms with Gasteiger partial charge in [-0.05, 0) is 19.9 Å². The lowest BCUT2D eigenvalue weighted by molar-refractivity contribution is 0.134. The molecule has 0 bridgehead atoms. The Morgan fingerprint density at radius 2 is 2.07 bits per heavy atom. The highest BCUT2D eigenvalue weighted by atomic mass is 16.6. The maximum atomic E-state index is 5.59. The molecular formula is C10H14N2O2. The molecule has 1 unspecified atom stereocenters. The van der Waals surface area contributed by atoms with Gasteiger partial charge in [-0.1, -0.05) is 0 Å². The van der Waals surface area contributed by atoms with E-state index in [-0.39, 0.29) is 6.10 Å². The number of hydrogen-bond donors (Lipinski definition) is 0. The molecule has 2 heterocycles. The van der Waals surface area contributed by atoms with Crippen LogP contribution in [0.15, 0.2) is 6.07 Å². The van der Waals surface area contributed by atoms with Crippen molar-refractivity contribution in [2.45, 2.75) is 26.4 Å². The Balaban J connectivity index is 2.07. The molecule has 76 valence electrons. The summed E-state index contributed by atoms with van der Waals surface area (Å²) in [5.41, 5.74) is 1.87. The quantitative estimate of drug-likeness (QED) is 0.711. The van der Waals surface area contributed by atoms with E-state index in [1.165, 1.54) is 0 Å². The summed E-state index contributed by atoms with van der Waals surface area (Å²) >= 11 is 0. The fourth-order valence-electron chi connectivity index (χ4n) is 1.50. The number of rotatable bonds is 2. The van der Waals surface area contributed by atoms with Crippen molar-refractivity contribution < 1.29 is 9.47 Å². The van der Waals surface area contributed by atoms with Gasteiger partial charge in [-0.25, -0.2) is 9.97 Å². The van der Waals surface area contributed by atoms with Gasteiger partial charge in [-0.2, -0.15) is 0 Å². The highest BCUT2D eigenvalue weighted by Crippen LogP contribution is 2.13. The Morgan fingerprint density at radius 3 is 2.64 bits per heavy atom. The highest BCUT2D eigenvalue weighted by molar-refractivity contribution is 5.11. The largest absolute Gasteiger partial charge is 0.458 e. The van der Waals surface area contributed by atoms with Gasteiger partial charge in [0.15, 0.2) is 0 Å². The number of ether oxygens (including phenoxy) is 2. The van der Waals surface area contributed by atoms with Crippen molar-refractivity contribution in [2.24, 2.45) is 0 Å². The number of hydrogen-bond acceptors (Lipinski definition) is 4. The van der Waals surface area contributed by atoms with Crippen LogP contribution in [-0.2, 0) is 4.74 Å². The Bertz CT molecular complexity index is 302. The van der Waals surface area contributed by atoms with E-state index in [1.54, 1.807) is 0 Å². The predicted octanol–water partition coefficient (Wildman–Crippen LogP) is 1.26. The summed E-state index contributed by atoms with van der Waals surface area (Å²) in [4.78, 5) is 8.42. The van der Waals surface area contributed by atoms with Crippen LogP contribution in [0.4, 0.5) is 0 Å². The lowest BCUT2D eigenvalue weighted by atomic mass is 10.3. The second kappa shape index (κ2) is 3.92. The van der Waals surface area contributed by atoms with Crippen molar-refractivity contribution >= 4 is 0 Å². The van der Waals surface area contributed by atoms with Crippen molar-refractivity contribution in [3.8, 4) is 6.01 Å². The molecular weight excluding hydrogens is 180 g/mol. The Labute approximate surface area is 83.3 Å². The molecule has 0 radical (unpaired) electrons. The van der Waals surface area contributed by atoms with Crippen molar-refractivity contribution in [3.63, 3.8) is 0 Å². The number of nitrogens with zero attached hydrogens (tertiary/aromatic N) is 2. The van der Waals surface area contributed by atoms with E-state index in [9.17, 15) is 0 Å². The van der Waals surface area contributed by atoms with Gasteiger partial charge in [0.05, 0.1) is 13.2 Å². The van der Waals surface area contributed by atoms with Gasteiger partial charge in [-0.15, -0.1) is 0 Å². The average Bonchev–Trinajstić information content (AvgIpc) is 2.54. The maximum absolute atomic E-state index is 5.59. The summed E-state index contributed by atoms with van der Waals surface area (Å²) < 4.78 is 10.8. The summed E-state index contributed by atoms with van der Waals surface area (Å²) in [7, 11) is 0. The molecule has 1 aromatic rings. The van der Waals surface area contributed by atoms with Gasteiger partial charge in [0.2, 0.25) is 0 Å². The van der Waals surface area contributed by atoms with Crippen molar-refractivity contribution in [3.05, 3.63) is 17.5 Å². The van der Waals surface area contributed by atoms with Crippen LogP contribution in [0.5, 0.6) is 6.01 Å². The van der Waals surface area contributed by atoms with E-state index < -0.39 is 0 Å². The van der Waals surface area contributed by atoms with Crippen LogP contribution in [0, 0.1) is 13.8 Å². The van der Waals surface area contributed by atoms with Gasteiger partial charge in [-0.3, -0.25) is 0 Å². The van der Waals surface area contributed by atoms with E-state index in [1.807, 2.05) is 19.9 Å². The molecule has 0 aromatic carbocycles. The summed E-state index contributed by atoms with van der Waals surface area (Å²) in [6, 6.07) is 2.40. The van der Waals surface area contributed by atoms with Crippen LogP contribution in [0.2, 0.25) is 0 Å². The minimum atomic E-state index is 0.121. The summed E-state index contributed by atoms with van der Waals surface area (Å²) in [6.07, 6.45) is 1.05. The van der Waals surface area contributed by atoms with Gasteiger partial charge >= 0.3 is 6.01 Å². The first-order valence-electron chi connectivity index (χ1n) is 4.81. The molecule has 4 heteroatoms. The van der Waals surface area contributed by atoms with E-state index >= 15 is 0 Å². The highest BCUT2D eigenvalue weighted by Gasteiger charge is 2.18. The standard InChI is InChI=1S/C10H14N2O2/c1-7-5-8(2)12-10(11-7)14-9-3-4-13-6-9/h5,9H,3-4,6H2,1-2H3. The fourth-order valence-corrected chi connectivity index (χ4v) is 1.50. The van der Waals surface area contributed by atoms with Crippen LogP contribution < -0.4 is 4.74 Å². The molecule has 1 fully saturated rings. The molecule has 0 spiro atoms. The normalized spacial score (nSPS) is 21.1. The molecule has 1 aliphatic heterocycles. The van der Waals surface area contributed by atoms with Crippen molar-refractivity contribution in [1.82, 2.24) is 9.97 Å².